The maximum atomic E-state index is 13.5. The number of carbonyl (C=O) groups excluding carboxylic acids is 1. The molecule has 8 nitrogen and oxygen atoms in total. The van der Waals surface area contributed by atoms with Crippen LogP contribution < -0.4 is 5.32 Å². The molecule has 0 aliphatic carbocycles. The van der Waals surface area contributed by atoms with Crippen LogP contribution in [-0.4, -0.2) is 52.7 Å². The molecule has 3 rings (SSSR count). The summed E-state index contributed by atoms with van der Waals surface area (Å²) < 4.78 is 28.2. The highest BCUT2D eigenvalue weighted by Gasteiger charge is 2.28. The molecule has 2 aromatic carbocycles. The first-order valence-electron chi connectivity index (χ1n) is 10.2. The molecule has 10 heteroatoms. The van der Waals surface area contributed by atoms with Crippen molar-refractivity contribution in [3.63, 3.8) is 0 Å². The number of sulfonamides is 1. The molecule has 0 aliphatic rings. The zero-order valence-electron chi connectivity index (χ0n) is 18.3. The third-order valence-corrected chi connectivity index (χ3v) is 7.50. The largest absolute Gasteiger partial charge is 0.354 e. The molecule has 1 heterocycles. The molecule has 0 unspecified atom stereocenters. The minimum absolute atomic E-state index is 0.106. The van der Waals surface area contributed by atoms with E-state index in [-0.39, 0.29) is 23.9 Å². The number of hydrogen-bond donors (Lipinski definition) is 2. The van der Waals surface area contributed by atoms with Crippen LogP contribution in [0.15, 0.2) is 58.6 Å². The minimum Gasteiger partial charge on any atom is -0.354 e. The van der Waals surface area contributed by atoms with E-state index < -0.39 is 10.0 Å². The molecule has 0 saturated carbocycles. The lowest BCUT2D eigenvalue weighted by atomic mass is 10.2. The van der Waals surface area contributed by atoms with E-state index >= 15 is 0 Å². The van der Waals surface area contributed by atoms with Crippen molar-refractivity contribution in [1.82, 2.24) is 24.8 Å². The van der Waals surface area contributed by atoms with Gasteiger partial charge in [-0.25, -0.2) is 13.4 Å². The summed E-state index contributed by atoms with van der Waals surface area (Å²) in [6.45, 7) is 5.63. The summed E-state index contributed by atoms with van der Waals surface area (Å²) in [5.41, 5.74) is 2.30. The Bertz CT molecular complexity index is 1160. The Morgan fingerprint density at radius 1 is 1.12 bits per heavy atom. The third-order valence-electron chi connectivity index (χ3n) is 4.72. The molecule has 32 heavy (non-hydrogen) atoms. The van der Waals surface area contributed by atoms with Gasteiger partial charge in [-0.2, -0.15) is 4.31 Å². The summed E-state index contributed by atoms with van der Waals surface area (Å²) in [6.07, 6.45) is 0. The van der Waals surface area contributed by atoms with Gasteiger partial charge in [0.2, 0.25) is 21.1 Å². The van der Waals surface area contributed by atoms with Crippen molar-refractivity contribution in [2.75, 3.05) is 18.8 Å². The van der Waals surface area contributed by atoms with Gasteiger partial charge in [-0.15, -0.1) is 5.10 Å². The number of rotatable bonds is 10. The second-order valence-electron chi connectivity index (χ2n) is 7.43. The standard InChI is InChI=1S/C22H27N5O3S2/c1-16-9-10-17(2)20(13-16)32(29,30)27(14-19-7-5-4-6-8-19)15-21(28)23-11-12-31-22-24-18(3)25-26-22/h4-10,13H,11-12,14-15H2,1-3H3,(H,23,28)(H,24,25,26). The number of benzene rings is 2. The first-order valence-corrected chi connectivity index (χ1v) is 12.6. The van der Waals surface area contributed by atoms with Crippen LogP contribution in [0.4, 0.5) is 0 Å². The average molecular weight is 474 g/mol. The predicted molar refractivity (Wildman–Crippen MR) is 125 cm³/mol. The van der Waals surface area contributed by atoms with Gasteiger partial charge in [0, 0.05) is 18.8 Å². The molecule has 0 spiro atoms. The number of thioether (sulfide) groups is 1. The van der Waals surface area contributed by atoms with Gasteiger partial charge in [-0.1, -0.05) is 54.2 Å². The highest BCUT2D eigenvalue weighted by molar-refractivity contribution is 7.99. The normalized spacial score (nSPS) is 11.6. The lowest BCUT2D eigenvalue weighted by molar-refractivity contribution is -0.121. The number of amides is 1. The summed E-state index contributed by atoms with van der Waals surface area (Å²) in [6, 6.07) is 14.6. The van der Waals surface area contributed by atoms with E-state index in [1.165, 1.54) is 16.1 Å². The van der Waals surface area contributed by atoms with Crippen molar-refractivity contribution in [2.24, 2.45) is 0 Å². The van der Waals surface area contributed by atoms with Crippen LogP contribution in [0.3, 0.4) is 0 Å². The fraction of sp³-hybridized carbons (Fsp3) is 0.318. The van der Waals surface area contributed by atoms with Crippen molar-refractivity contribution in [3.05, 3.63) is 71.0 Å². The van der Waals surface area contributed by atoms with Crippen LogP contribution in [0, 0.1) is 20.8 Å². The van der Waals surface area contributed by atoms with Gasteiger partial charge in [0.15, 0.2) is 0 Å². The summed E-state index contributed by atoms with van der Waals surface area (Å²) in [7, 11) is -3.88. The van der Waals surface area contributed by atoms with Gasteiger partial charge >= 0.3 is 0 Å². The second-order valence-corrected chi connectivity index (χ2v) is 10.4. The molecule has 0 saturated heterocycles. The van der Waals surface area contributed by atoms with E-state index in [1.54, 1.807) is 19.1 Å². The molecule has 3 aromatic rings. The van der Waals surface area contributed by atoms with Gasteiger partial charge in [-0.05, 0) is 43.5 Å². The Balaban J connectivity index is 1.71. The minimum atomic E-state index is -3.88. The molecule has 1 amide bonds. The van der Waals surface area contributed by atoms with E-state index in [2.05, 4.69) is 20.5 Å². The van der Waals surface area contributed by atoms with Crippen molar-refractivity contribution in [1.29, 1.82) is 0 Å². The van der Waals surface area contributed by atoms with Crippen molar-refractivity contribution < 1.29 is 13.2 Å². The predicted octanol–water partition coefficient (Wildman–Crippen LogP) is 2.83. The summed E-state index contributed by atoms with van der Waals surface area (Å²) >= 11 is 1.41. The van der Waals surface area contributed by atoms with Gasteiger partial charge in [0.1, 0.15) is 5.82 Å². The molecular formula is C22H27N5O3S2. The molecule has 0 bridgehead atoms. The van der Waals surface area contributed by atoms with Crippen LogP contribution in [0.1, 0.15) is 22.5 Å². The van der Waals surface area contributed by atoms with Gasteiger partial charge in [0.05, 0.1) is 11.4 Å². The van der Waals surface area contributed by atoms with Crippen molar-refractivity contribution in [3.8, 4) is 0 Å². The van der Waals surface area contributed by atoms with Crippen LogP contribution in [0.5, 0.6) is 0 Å². The molecule has 170 valence electrons. The Labute approximate surface area is 192 Å². The number of nitrogens with one attached hydrogen (secondary N) is 2. The zero-order valence-corrected chi connectivity index (χ0v) is 20.0. The topological polar surface area (TPSA) is 108 Å². The molecular weight excluding hydrogens is 446 g/mol. The van der Waals surface area contributed by atoms with Crippen LogP contribution >= 0.6 is 11.8 Å². The number of nitrogens with zero attached hydrogens (tertiary/aromatic N) is 3. The Kier molecular flexibility index (Phi) is 8.05. The Morgan fingerprint density at radius 2 is 1.88 bits per heavy atom. The zero-order chi connectivity index (χ0) is 23.1. The number of aryl methyl sites for hydroxylation is 3. The maximum Gasteiger partial charge on any atom is 0.244 e. The number of carbonyl (C=O) groups is 1. The SMILES string of the molecule is Cc1ccc(C)c(S(=O)(=O)N(CC(=O)NCCSc2n[nH]c(C)n2)Cc2ccccc2)c1. The molecule has 0 fully saturated rings. The Hall–Kier alpha value is -2.69. The first kappa shape index (κ1) is 24.0. The fourth-order valence-corrected chi connectivity index (χ4v) is 5.47. The smallest absolute Gasteiger partial charge is 0.244 e. The average Bonchev–Trinajstić information content (AvgIpc) is 3.18. The number of aromatic nitrogens is 3. The van der Waals surface area contributed by atoms with E-state index in [9.17, 15) is 13.2 Å². The molecule has 0 aliphatic heterocycles. The number of hydrogen-bond acceptors (Lipinski definition) is 6. The van der Waals surface area contributed by atoms with E-state index in [4.69, 9.17) is 0 Å². The lowest BCUT2D eigenvalue weighted by Crippen LogP contribution is -2.41. The van der Waals surface area contributed by atoms with Gasteiger partial charge < -0.3 is 5.32 Å². The van der Waals surface area contributed by atoms with Crippen LogP contribution in [0.25, 0.3) is 0 Å². The molecule has 0 atom stereocenters. The summed E-state index contributed by atoms with van der Waals surface area (Å²) in [4.78, 5) is 17.0. The van der Waals surface area contributed by atoms with Crippen LogP contribution in [-0.2, 0) is 21.4 Å². The van der Waals surface area contributed by atoms with E-state index in [1.807, 2.05) is 50.2 Å². The summed E-state index contributed by atoms with van der Waals surface area (Å²) in [5, 5.41) is 10.2. The van der Waals surface area contributed by atoms with Crippen LogP contribution in [0.2, 0.25) is 0 Å². The highest BCUT2D eigenvalue weighted by Crippen LogP contribution is 2.23. The molecule has 1 aromatic heterocycles. The van der Waals surface area contributed by atoms with Gasteiger partial charge in [-0.3, -0.25) is 9.89 Å². The van der Waals surface area contributed by atoms with Crippen molar-refractivity contribution in [2.45, 2.75) is 37.4 Å². The number of aromatic amines is 1. The monoisotopic (exact) mass is 473 g/mol. The maximum absolute atomic E-state index is 13.5. The third kappa shape index (κ3) is 6.41. The van der Waals surface area contributed by atoms with E-state index in [0.717, 1.165) is 17.0 Å². The molecule has 0 radical (unpaired) electrons. The summed E-state index contributed by atoms with van der Waals surface area (Å²) in [5.74, 6) is 0.942. The fourth-order valence-electron chi connectivity index (χ4n) is 3.07. The number of H-pyrrole nitrogens is 1. The van der Waals surface area contributed by atoms with Gasteiger partial charge in [0.25, 0.3) is 0 Å². The lowest BCUT2D eigenvalue weighted by Gasteiger charge is -2.23. The first-order chi connectivity index (χ1) is 15.3. The second kappa shape index (κ2) is 10.8. The highest BCUT2D eigenvalue weighted by atomic mass is 32.2. The Morgan fingerprint density at radius 3 is 2.56 bits per heavy atom. The quantitative estimate of drug-likeness (QED) is 0.346. The van der Waals surface area contributed by atoms with Crippen molar-refractivity contribution >= 4 is 27.7 Å². The molecule has 2 N–H and O–H groups in total. The van der Waals surface area contributed by atoms with E-state index in [0.29, 0.717) is 23.0 Å².